The lowest BCUT2D eigenvalue weighted by molar-refractivity contribution is 0.0930. The second-order valence-corrected chi connectivity index (χ2v) is 8.07. The van der Waals surface area contributed by atoms with Gasteiger partial charge in [-0.1, -0.05) is 0 Å². The lowest BCUT2D eigenvalue weighted by Crippen LogP contribution is -2.35. The molecule has 2 heterocycles. The molecule has 4 aromatic rings. The number of rotatable bonds is 5. The van der Waals surface area contributed by atoms with E-state index in [9.17, 15) is 18.0 Å². The molecule has 1 aliphatic rings. The van der Waals surface area contributed by atoms with Crippen LogP contribution in [0.15, 0.2) is 55.0 Å². The van der Waals surface area contributed by atoms with Gasteiger partial charge in [0.25, 0.3) is 5.91 Å². The van der Waals surface area contributed by atoms with Crippen molar-refractivity contribution >= 4 is 16.8 Å². The third-order valence-corrected chi connectivity index (χ3v) is 6.01. The SMILES string of the molecule is O=C(NCC1CC(c2c(-c3ccc(F)cc3)[nH]c3c(F)cc(F)cc23)C1)c1ccncn1. The van der Waals surface area contributed by atoms with Crippen LogP contribution < -0.4 is 5.32 Å². The van der Waals surface area contributed by atoms with E-state index in [0.29, 0.717) is 28.9 Å². The predicted octanol–water partition coefficient (Wildman–Crippen LogP) is 4.97. The van der Waals surface area contributed by atoms with E-state index in [0.717, 1.165) is 24.5 Å². The minimum atomic E-state index is -0.664. The number of amides is 1. The van der Waals surface area contributed by atoms with E-state index in [1.54, 1.807) is 18.2 Å². The Morgan fingerprint density at radius 1 is 1.06 bits per heavy atom. The van der Waals surface area contributed by atoms with Crippen molar-refractivity contribution in [1.29, 1.82) is 0 Å². The second-order valence-electron chi connectivity index (χ2n) is 8.07. The molecule has 2 aromatic heterocycles. The topological polar surface area (TPSA) is 70.7 Å². The number of carbonyl (C=O) groups is 1. The molecular weight excluding hydrogens is 417 g/mol. The lowest BCUT2D eigenvalue weighted by Gasteiger charge is -2.36. The Morgan fingerprint density at radius 2 is 1.84 bits per heavy atom. The average molecular weight is 436 g/mol. The summed E-state index contributed by atoms with van der Waals surface area (Å²) in [7, 11) is 0. The molecule has 0 radical (unpaired) electrons. The van der Waals surface area contributed by atoms with Gasteiger partial charge in [-0.15, -0.1) is 0 Å². The van der Waals surface area contributed by atoms with Gasteiger partial charge in [0.15, 0.2) is 0 Å². The van der Waals surface area contributed by atoms with Crippen LogP contribution in [0.3, 0.4) is 0 Å². The molecule has 0 aliphatic heterocycles. The molecule has 0 bridgehead atoms. The first-order valence-electron chi connectivity index (χ1n) is 10.3. The Labute approximate surface area is 181 Å². The molecule has 1 fully saturated rings. The van der Waals surface area contributed by atoms with Crippen LogP contribution >= 0.6 is 0 Å². The maximum atomic E-state index is 14.5. The van der Waals surface area contributed by atoms with Gasteiger partial charge in [0.1, 0.15) is 29.5 Å². The first-order chi connectivity index (χ1) is 15.5. The van der Waals surface area contributed by atoms with Crippen LogP contribution in [0.2, 0.25) is 0 Å². The smallest absolute Gasteiger partial charge is 0.270 e. The molecule has 1 saturated carbocycles. The largest absolute Gasteiger partial charge is 0.352 e. The Kier molecular flexibility index (Phi) is 5.13. The fourth-order valence-electron chi connectivity index (χ4n) is 4.40. The molecule has 1 amide bonds. The number of nitrogens with one attached hydrogen (secondary N) is 2. The summed E-state index contributed by atoms with van der Waals surface area (Å²) in [5, 5.41) is 3.37. The summed E-state index contributed by atoms with van der Waals surface area (Å²) in [4.78, 5) is 23.0. The molecule has 162 valence electrons. The van der Waals surface area contributed by atoms with Crippen LogP contribution in [0.5, 0.6) is 0 Å². The Bertz CT molecular complexity index is 1280. The molecule has 0 atom stereocenters. The summed E-state index contributed by atoms with van der Waals surface area (Å²) in [6, 6.07) is 9.65. The molecule has 2 N–H and O–H groups in total. The number of hydrogen-bond donors (Lipinski definition) is 2. The number of benzene rings is 2. The highest BCUT2D eigenvalue weighted by atomic mass is 19.1. The van der Waals surface area contributed by atoms with E-state index in [-0.39, 0.29) is 29.1 Å². The normalized spacial score (nSPS) is 17.8. The molecule has 0 saturated heterocycles. The van der Waals surface area contributed by atoms with Crippen molar-refractivity contribution < 1.29 is 18.0 Å². The van der Waals surface area contributed by atoms with E-state index < -0.39 is 11.6 Å². The number of aromatic amines is 1. The zero-order chi connectivity index (χ0) is 22.2. The molecular formula is C24H19F3N4O. The maximum absolute atomic E-state index is 14.5. The van der Waals surface area contributed by atoms with Crippen LogP contribution in [0.25, 0.3) is 22.2 Å². The third kappa shape index (κ3) is 3.72. The van der Waals surface area contributed by atoms with Gasteiger partial charge < -0.3 is 10.3 Å². The van der Waals surface area contributed by atoms with Crippen molar-refractivity contribution in [2.45, 2.75) is 18.8 Å². The van der Waals surface area contributed by atoms with E-state index >= 15 is 0 Å². The average Bonchev–Trinajstić information content (AvgIpc) is 3.13. The van der Waals surface area contributed by atoms with Crippen molar-refractivity contribution in [3.05, 3.63) is 83.7 Å². The van der Waals surface area contributed by atoms with Crippen molar-refractivity contribution in [3.8, 4) is 11.3 Å². The molecule has 0 unspecified atom stereocenters. The molecule has 1 aliphatic carbocycles. The minimum Gasteiger partial charge on any atom is -0.352 e. The number of fused-ring (bicyclic) bond motifs is 1. The Balaban J connectivity index is 1.39. The molecule has 5 nitrogen and oxygen atoms in total. The second kappa shape index (κ2) is 8.11. The van der Waals surface area contributed by atoms with E-state index in [1.165, 1.54) is 30.7 Å². The summed E-state index contributed by atoms with van der Waals surface area (Å²) in [5.74, 6) is -1.65. The van der Waals surface area contributed by atoms with E-state index in [1.807, 2.05) is 0 Å². The number of aromatic nitrogens is 3. The number of carbonyl (C=O) groups excluding carboxylic acids is 1. The van der Waals surface area contributed by atoms with Crippen LogP contribution in [-0.2, 0) is 0 Å². The third-order valence-electron chi connectivity index (χ3n) is 6.01. The van der Waals surface area contributed by atoms with Gasteiger partial charge in [0.05, 0.1) is 11.2 Å². The van der Waals surface area contributed by atoms with Gasteiger partial charge in [-0.25, -0.2) is 23.1 Å². The molecule has 32 heavy (non-hydrogen) atoms. The highest BCUT2D eigenvalue weighted by Gasteiger charge is 2.35. The fraction of sp³-hybridized carbons (Fsp3) is 0.208. The minimum absolute atomic E-state index is 0.0611. The van der Waals surface area contributed by atoms with E-state index in [2.05, 4.69) is 20.3 Å². The van der Waals surface area contributed by atoms with Gasteiger partial charge >= 0.3 is 0 Å². The highest BCUT2D eigenvalue weighted by molar-refractivity contribution is 5.93. The van der Waals surface area contributed by atoms with Crippen molar-refractivity contribution in [2.24, 2.45) is 5.92 Å². The zero-order valence-corrected chi connectivity index (χ0v) is 16.9. The molecule has 8 heteroatoms. The Hall–Kier alpha value is -3.68. The van der Waals surface area contributed by atoms with Crippen LogP contribution in [0.1, 0.15) is 34.8 Å². The first kappa shape index (κ1) is 20.2. The fourth-order valence-corrected chi connectivity index (χ4v) is 4.40. The summed E-state index contributed by atoms with van der Waals surface area (Å²) in [5.41, 5.74) is 2.73. The van der Waals surface area contributed by atoms with E-state index in [4.69, 9.17) is 0 Å². The number of halogens is 3. The maximum Gasteiger partial charge on any atom is 0.270 e. The summed E-state index contributed by atoms with van der Waals surface area (Å²) in [6.45, 7) is 0.482. The first-order valence-corrected chi connectivity index (χ1v) is 10.3. The van der Waals surface area contributed by atoms with Gasteiger partial charge in [-0.05, 0) is 72.2 Å². The highest BCUT2D eigenvalue weighted by Crippen LogP contribution is 2.48. The number of nitrogens with zero attached hydrogens (tertiary/aromatic N) is 2. The molecule has 2 aromatic carbocycles. The van der Waals surface area contributed by atoms with Crippen molar-refractivity contribution in [2.75, 3.05) is 6.54 Å². The molecule has 0 spiro atoms. The van der Waals surface area contributed by atoms with Crippen LogP contribution in [-0.4, -0.2) is 27.4 Å². The van der Waals surface area contributed by atoms with Gasteiger partial charge in [0.2, 0.25) is 0 Å². The Morgan fingerprint density at radius 3 is 2.56 bits per heavy atom. The van der Waals surface area contributed by atoms with Crippen molar-refractivity contribution in [1.82, 2.24) is 20.3 Å². The standard InChI is InChI=1S/C24H19F3N4O/c25-16-3-1-14(2-4-16)22-21(18-9-17(26)10-19(27)23(18)31-22)15-7-13(8-15)11-29-24(32)20-5-6-28-12-30-20/h1-6,9-10,12-13,15,31H,7-8,11H2,(H,29,32). The van der Waals surface area contributed by atoms with Gasteiger partial charge in [0, 0.05) is 24.2 Å². The predicted molar refractivity (Wildman–Crippen MR) is 113 cm³/mol. The van der Waals surface area contributed by atoms with Crippen LogP contribution in [0, 0.1) is 23.4 Å². The summed E-state index contributed by atoms with van der Waals surface area (Å²) < 4.78 is 41.9. The summed E-state index contributed by atoms with van der Waals surface area (Å²) >= 11 is 0. The van der Waals surface area contributed by atoms with Gasteiger partial charge in [-0.3, -0.25) is 4.79 Å². The summed E-state index contributed by atoms with van der Waals surface area (Å²) in [6.07, 6.45) is 4.33. The van der Waals surface area contributed by atoms with Crippen LogP contribution in [0.4, 0.5) is 13.2 Å². The van der Waals surface area contributed by atoms with Crippen molar-refractivity contribution in [3.63, 3.8) is 0 Å². The van der Waals surface area contributed by atoms with Gasteiger partial charge in [-0.2, -0.15) is 0 Å². The quantitative estimate of drug-likeness (QED) is 0.464. The zero-order valence-electron chi connectivity index (χ0n) is 16.9. The monoisotopic (exact) mass is 436 g/mol. The molecule has 5 rings (SSSR count). The number of H-pyrrole nitrogens is 1. The number of hydrogen-bond acceptors (Lipinski definition) is 3. The lowest BCUT2D eigenvalue weighted by atomic mass is 9.70.